The summed E-state index contributed by atoms with van der Waals surface area (Å²) in [5, 5.41) is 5.02. The first kappa shape index (κ1) is 14.0. The van der Waals surface area contributed by atoms with Crippen LogP contribution in [0.3, 0.4) is 0 Å². The summed E-state index contributed by atoms with van der Waals surface area (Å²) in [5.41, 5.74) is 5.96. The Labute approximate surface area is 105 Å². The van der Waals surface area contributed by atoms with Crippen molar-refractivity contribution in [2.75, 3.05) is 13.7 Å². The van der Waals surface area contributed by atoms with Crippen LogP contribution in [0.2, 0.25) is 0 Å². The predicted octanol–water partition coefficient (Wildman–Crippen LogP) is -0.0139. The minimum Gasteiger partial charge on any atom is -0.382 e. The number of carbonyl (C=O) groups excluding carboxylic acids is 2. The van der Waals surface area contributed by atoms with Gasteiger partial charge in [0, 0.05) is 13.7 Å². The van der Waals surface area contributed by atoms with E-state index in [0.717, 1.165) is 5.56 Å². The zero-order valence-corrected chi connectivity index (χ0v) is 10.2. The van der Waals surface area contributed by atoms with E-state index in [9.17, 15) is 9.59 Å². The van der Waals surface area contributed by atoms with Gasteiger partial charge in [0.1, 0.15) is 6.04 Å². The molecule has 0 heterocycles. The van der Waals surface area contributed by atoms with E-state index >= 15 is 0 Å². The van der Waals surface area contributed by atoms with E-state index in [1.54, 1.807) is 0 Å². The number of hydrogen-bond acceptors (Lipinski definition) is 3. The lowest BCUT2D eigenvalue weighted by molar-refractivity contribution is -0.124. The molecule has 0 aliphatic carbocycles. The summed E-state index contributed by atoms with van der Waals surface area (Å²) in [6.45, 7) is 0.462. The molecular weight excluding hydrogens is 234 g/mol. The van der Waals surface area contributed by atoms with Gasteiger partial charge < -0.3 is 21.1 Å². The van der Waals surface area contributed by atoms with Gasteiger partial charge in [0.05, 0.1) is 6.61 Å². The number of methoxy groups -OCH3 is 1. The molecule has 0 bridgehead atoms. The summed E-state index contributed by atoms with van der Waals surface area (Å²) in [6.07, 6.45) is 0. The Balaban J connectivity index is 2.48. The molecule has 0 unspecified atom stereocenters. The molecule has 1 aromatic carbocycles. The molecule has 0 saturated carbocycles. The van der Waals surface area contributed by atoms with Gasteiger partial charge in [0.2, 0.25) is 5.91 Å². The molecular formula is C12H17N3O3. The molecule has 18 heavy (non-hydrogen) atoms. The van der Waals surface area contributed by atoms with Crippen molar-refractivity contribution in [1.82, 2.24) is 10.6 Å². The molecule has 1 aromatic rings. The summed E-state index contributed by atoms with van der Waals surface area (Å²) in [6, 6.07) is 7.92. The van der Waals surface area contributed by atoms with Gasteiger partial charge in [0.25, 0.3) is 0 Å². The van der Waals surface area contributed by atoms with Crippen LogP contribution in [0.15, 0.2) is 30.3 Å². The van der Waals surface area contributed by atoms with Gasteiger partial charge in [-0.1, -0.05) is 30.3 Å². The summed E-state index contributed by atoms with van der Waals surface area (Å²) < 4.78 is 4.85. The van der Waals surface area contributed by atoms with E-state index in [0.29, 0.717) is 6.54 Å². The van der Waals surface area contributed by atoms with Crippen LogP contribution in [0.1, 0.15) is 5.56 Å². The maximum Gasteiger partial charge on any atom is 0.312 e. The average molecular weight is 251 g/mol. The maximum atomic E-state index is 11.8. The van der Waals surface area contributed by atoms with Crippen LogP contribution >= 0.6 is 0 Å². The molecule has 0 aliphatic rings. The number of amides is 3. The van der Waals surface area contributed by atoms with Crippen LogP contribution in [0.4, 0.5) is 4.79 Å². The Kier molecular flexibility index (Phi) is 5.66. The molecule has 3 amide bonds. The second-order valence-electron chi connectivity index (χ2n) is 3.72. The molecule has 0 radical (unpaired) electrons. The van der Waals surface area contributed by atoms with Gasteiger partial charge in [-0.2, -0.15) is 0 Å². The third-order valence-electron chi connectivity index (χ3n) is 2.28. The molecule has 4 N–H and O–H groups in total. The monoisotopic (exact) mass is 251 g/mol. The molecule has 0 fully saturated rings. The van der Waals surface area contributed by atoms with Gasteiger partial charge >= 0.3 is 6.03 Å². The zero-order valence-electron chi connectivity index (χ0n) is 10.2. The third-order valence-corrected chi connectivity index (χ3v) is 2.28. The molecule has 6 heteroatoms. The standard InChI is InChI=1S/C12H17N3O3/c1-18-8-10(15-12(13)17)11(16)14-7-9-5-3-2-4-6-9/h2-6,10H,7-8H2,1H3,(H,14,16)(H3,13,15,17)/t10-/m1/s1. The van der Waals surface area contributed by atoms with E-state index in [-0.39, 0.29) is 12.5 Å². The molecule has 6 nitrogen and oxygen atoms in total. The van der Waals surface area contributed by atoms with Crippen LogP contribution < -0.4 is 16.4 Å². The normalized spacial score (nSPS) is 11.6. The Hall–Kier alpha value is -2.08. The Bertz CT molecular complexity index is 395. The Morgan fingerprint density at radius 1 is 1.33 bits per heavy atom. The van der Waals surface area contributed by atoms with Gasteiger partial charge in [-0.25, -0.2) is 4.79 Å². The highest BCUT2D eigenvalue weighted by molar-refractivity contribution is 5.86. The topological polar surface area (TPSA) is 93.4 Å². The van der Waals surface area contributed by atoms with E-state index in [2.05, 4.69) is 10.6 Å². The number of benzene rings is 1. The number of nitrogens with one attached hydrogen (secondary N) is 2. The van der Waals surface area contributed by atoms with Crippen LogP contribution in [-0.4, -0.2) is 31.7 Å². The molecule has 0 saturated heterocycles. The second-order valence-corrected chi connectivity index (χ2v) is 3.72. The van der Waals surface area contributed by atoms with Gasteiger partial charge in [-0.15, -0.1) is 0 Å². The molecule has 98 valence electrons. The fraction of sp³-hybridized carbons (Fsp3) is 0.333. The fourth-order valence-electron chi connectivity index (χ4n) is 1.43. The lowest BCUT2D eigenvalue weighted by Gasteiger charge is -2.16. The lowest BCUT2D eigenvalue weighted by Crippen LogP contribution is -2.50. The van der Waals surface area contributed by atoms with Crippen molar-refractivity contribution in [3.05, 3.63) is 35.9 Å². The van der Waals surface area contributed by atoms with Gasteiger partial charge in [-0.3, -0.25) is 4.79 Å². The summed E-state index contributed by atoms with van der Waals surface area (Å²) in [4.78, 5) is 22.5. The first-order valence-electron chi connectivity index (χ1n) is 5.50. The van der Waals surface area contributed by atoms with Crippen LogP contribution in [-0.2, 0) is 16.1 Å². The minimum atomic E-state index is -0.781. The number of carbonyl (C=O) groups is 2. The van der Waals surface area contributed by atoms with Crippen molar-refractivity contribution >= 4 is 11.9 Å². The average Bonchev–Trinajstić information content (AvgIpc) is 2.36. The minimum absolute atomic E-state index is 0.0730. The lowest BCUT2D eigenvalue weighted by atomic mass is 10.2. The highest BCUT2D eigenvalue weighted by Gasteiger charge is 2.18. The van der Waals surface area contributed by atoms with Gasteiger partial charge in [0.15, 0.2) is 0 Å². The van der Waals surface area contributed by atoms with Crippen molar-refractivity contribution in [2.24, 2.45) is 5.73 Å². The SMILES string of the molecule is COC[C@@H](NC(N)=O)C(=O)NCc1ccccc1. The quantitative estimate of drug-likeness (QED) is 0.663. The zero-order chi connectivity index (χ0) is 13.4. The highest BCUT2D eigenvalue weighted by Crippen LogP contribution is 1.97. The summed E-state index contributed by atoms with van der Waals surface area (Å²) >= 11 is 0. The molecule has 0 aromatic heterocycles. The van der Waals surface area contributed by atoms with Crippen molar-refractivity contribution in [1.29, 1.82) is 0 Å². The van der Waals surface area contributed by atoms with Crippen LogP contribution in [0, 0.1) is 0 Å². The van der Waals surface area contributed by atoms with Crippen molar-refractivity contribution in [2.45, 2.75) is 12.6 Å². The molecule has 0 aliphatic heterocycles. The first-order chi connectivity index (χ1) is 8.63. The number of ether oxygens (including phenoxy) is 1. The molecule has 1 rings (SSSR count). The largest absolute Gasteiger partial charge is 0.382 e. The van der Waals surface area contributed by atoms with E-state index < -0.39 is 12.1 Å². The van der Waals surface area contributed by atoms with E-state index in [1.165, 1.54) is 7.11 Å². The third kappa shape index (κ3) is 4.84. The summed E-state index contributed by atoms with van der Waals surface area (Å²) in [7, 11) is 1.44. The number of urea groups is 1. The van der Waals surface area contributed by atoms with E-state index in [1.807, 2.05) is 30.3 Å². The second kappa shape index (κ2) is 7.29. The number of hydrogen-bond donors (Lipinski definition) is 3. The summed E-state index contributed by atoms with van der Waals surface area (Å²) in [5.74, 6) is -0.334. The highest BCUT2D eigenvalue weighted by atomic mass is 16.5. The smallest absolute Gasteiger partial charge is 0.312 e. The Morgan fingerprint density at radius 3 is 2.56 bits per heavy atom. The van der Waals surface area contributed by atoms with Crippen molar-refractivity contribution in [3.8, 4) is 0 Å². The molecule has 1 atom stereocenters. The predicted molar refractivity (Wildman–Crippen MR) is 66.7 cm³/mol. The fourth-order valence-corrected chi connectivity index (χ4v) is 1.43. The first-order valence-corrected chi connectivity index (χ1v) is 5.50. The maximum absolute atomic E-state index is 11.8. The van der Waals surface area contributed by atoms with Crippen molar-refractivity contribution < 1.29 is 14.3 Å². The number of rotatable bonds is 6. The van der Waals surface area contributed by atoms with E-state index in [4.69, 9.17) is 10.5 Å². The number of primary amides is 1. The van der Waals surface area contributed by atoms with Crippen LogP contribution in [0.25, 0.3) is 0 Å². The van der Waals surface area contributed by atoms with Crippen molar-refractivity contribution in [3.63, 3.8) is 0 Å². The molecule has 0 spiro atoms. The van der Waals surface area contributed by atoms with Gasteiger partial charge in [-0.05, 0) is 5.56 Å². The number of nitrogens with two attached hydrogens (primary N) is 1. The Morgan fingerprint density at radius 2 is 2.00 bits per heavy atom. The van der Waals surface area contributed by atoms with Crippen LogP contribution in [0.5, 0.6) is 0 Å².